The molecule has 0 aliphatic carbocycles. The summed E-state index contributed by atoms with van der Waals surface area (Å²) in [5, 5.41) is 8.20. The number of carbonyl (C=O) groups excluding carboxylic acids is 2. The highest BCUT2D eigenvalue weighted by molar-refractivity contribution is 6.14. The van der Waals surface area contributed by atoms with E-state index in [-0.39, 0.29) is 11.8 Å². The second kappa shape index (κ2) is 5.69. The summed E-state index contributed by atoms with van der Waals surface area (Å²) in [4.78, 5) is 23.7. The van der Waals surface area contributed by atoms with Crippen LogP contribution in [0.4, 0.5) is 0 Å². The molecular formula is C15H17N3O2. The van der Waals surface area contributed by atoms with Gasteiger partial charge in [-0.05, 0) is 19.4 Å². The van der Waals surface area contributed by atoms with E-state index in [1.54, 1.807) is 13.8 Å². The van der Waals surface area contributed by atoms with Crippen LogP contribution in [0, 0.1) is 5.92 Å². The van der Waals surface area contributed by atoms with E-state index in [0.29, 0.717) is 18.0 Å². The minimum Gasteiger partial charge on any atom is -0.308 e. The van der Waals surface area contributed by atoms with E-state index in [1.807, 2.05) is 30.3 Å². The summed E-state index contributed by atoms with van der Waals surface area (Å²) < 4.78 is 0. The van der Waals surface area contributed by atoms with Crippen LogP contribution < -0.4 is 5.32 Å². The third kappa shape index (κ3) is 2.93. The van der Waals surface area contributed by atoms with Gasteiger partial charge in [-0.25, -0.2) is 5.01 Å². The molecule has 5 nitrogen and oxygen atoms in total. The van der Waals surface area contributed by atoms with Gasteiger partial charge >= 0.3 is 0 Å². The quantitative estimate of drug-likeness (QED) is 0.850. The summed E-state index contributed by atoms with van der Waals surface area (Å²) in [6.07, 6.45) is 0. The van der Waals surface area contributed by atoms with Crippen LogP contribution in [0.5, 0.6) is 0 Å². The highest BCUT2D eigenvalue weighted by Crippen LogP contribution is 2.17. The number of benzene rings is 1. The van der Waals surface area contributed by atoms with E-state index in [0.717, 1.165) is 5.56 Å². The molecule has 1 aromatic carbocycles. The molecule has 1 aromatic rings. The number of nitrogens with one attached hydrogen (secondary N) is 1. The number of rotatable bonds is 3. The Balaban J connectivity index is 2.11. The van der Waals surface area contributed by atoms with E-state index in [4.69, 9.17) is 0 Å². The molecule has 0 spiro atoms. The molecule has 0 radical (unpaired) electrons. The summed E-state index contributed by atoms with van der Waals surface area (Å²) in [5.41, 5.74) is 1.37. The molecule has 1 aliphatic heterocycles. The number of nitrogens with zero attached hydrogens (tertiary/aromatic N) is 2. The van der Waals surface area contributed by atoms with Gasteiger partial charge in [-0.2, -0.15) is 5.10 Å². The summed E-state index contributed by atoms with van der Waals surface area (Å²) >= 11 is 0. The van der Waals surface area contributed by atoms with Crippen LogP contribution in [0.2, 0.25) is 0 Å². The van der Waals surface area contributed by atoms with Crippen molar-refractivity contribution < 1.29 is 9.59 Å². The van der Waals surface area contributed by atoms with Crippen molar-refractivity contribution in [3.05, 3.63) is 48.0 Å². The zero-order valence-corrected chi connectivity index (χ0v) is 11.6. The van der Waals surface area contributed by atoms with Crippen LogP contribution in [0.1, 0.15) is 19.4 Å². The average molecular weight is 271 g/mol. The zero-order valence-electron chi connectivity index (χ0n) is 11.6. The van der Waals surface area contributed by atoms with Crippen molar-refractivity contribution in [1.29, 1.82) is 0 Å². The Labute approximate surface area is 118 Å². The number of amides is 2. The van der Waals surface area contributed by atoms with Gasteiger partial charge in [0.25, 0.3) is 11.8 Å². The Kier molecular flexibility index (Phi) is 3.98. The monoisotopic (exact) mass is 271 g/mol. The molecule has 1 aliphatic rings. The highest BCUT2D eigenvalue weighted by Gasteiger charge is 2.33. The van der Waals surface area contributed by atoms with Crippen LogP contribution >= 0.6 is 0 Å². The number of hydrazone groups is 1. The van der Waals surface area contributed by atoms with E-state index in [1.165, 1.54) is 5.01 Å². The summed E-state index contributed by atoms with van der Waals surface area (Å²) in [7, 11) is 0. The molecule has 104 valence electrons. The van der Waals surface area contributed by atoms with Gasteiger partial charge in [0.2, 0.25) is 0 Å². The Morgan fingerprint density at radius 3 is 2.65 bits per heavy atom. The molecule has 2 rings (SSSR count). The minimum absolute atomic E-state index is 0.120. The van der Waals surface area contributed by atoms with Crippen molar-refractivity contribution >= 4 is 17.6 Å². The lowest BCUT2D eigenvalue weighted by molar-refractivity contribution is -0.131. The molecule has 5 heteroatoms. The summed E-state index contributed by atoms with van der Waals surface area (Å²) in [6, 6.07) is 9.59. The Morgan fingerprint density at radius 1 is 1.40 bits per heavy atom. The van der Waals surface area contributed by atoms with Crippen molar-refractivity contribution in [3.8, 4) is 0 Å². The number of amidine groups is 1. The Hall–Kier alpha value is -2.43. The first-order chi connectivity index (χ1) is 9.49. The summed E-state index contributed by atoms with van der Waals surface area (Å²) in [5.74, 6) is -0.503. The van der Waals surface area contributed by atoms with Gasteiger partial charge in [-0.1, -0.05) is 36.9 Å². The van der Waals surface area contributed by atoms with Gasteiger partial charge in [0, 0.05) is 5.57 Å². The van der Waals surface area contributed by atoms with Gasteiger partial charge in [0.1, 0.15) is 5.84 Å². The first kappa shape index (κ1) is 14.0. The van der Waals surface area contributed by atoms with Gasteiger partial charge < -0.3 is 5.32 Å². The van der Waals surface area contributed by atoms with Gasteiger partial charge in [-0.3, -0.25) is 9.59 Å². The molecule has 0 saturated carbocycles. The minimum atomic E-state index is -0.443. The molecule has 1 heterocycles. The molecule has 0 saturated heterocycles. The topological polar surface area (TPSA) is 61.8 Å². The van der Waals surface area contributed by atoms with Crippen molar-refractivity contribution in [2.24, 2.45) is 11.0 Å². The maximum atomic E-state index is 12.1. The van der Waals surface area contributed by atoms with Gasteiger partial charge in [-0.15, -0.1) is 0 Å². The lowest BCUT2D eigenvalue weighted by atomic mass is 10.1. The molecule has 0 fully saturated rings. The predicted octanol–water partition coefficient (Wildman–Crippen LogP) is 1.67. The Bertz CT molecular complexity index is 578. The van der Waals surface area contributed by atoms with Crippen LogP contribution in [0.25, 0.3) is 0 Å². The standard InChI is InChI=1S/C15H17N3O2/c1-10(2)14(19)16-13-11(3)15(20)18(17-13)9-12-7-5-4-6-8-12/h4-8,11H,1,9H2,2-3H3,(H,16,17,19). The SMILES string of the molecule is C=C(C)C(=O)NC1=NN(Cc2ccccc2)C(=O)C1C. The first-order valence-corrected chi connectivity index (χ1v) is 6.39. The third-order valence-corrected chi connectivity index (χ3v) is 3.07. The second-order valence-corrected chi connectivity index (χ2v) is 4.82. The third-order valence-electron chi connectivity index (χ3n) is 3.07. The van der Waals surface area contributed by atoms with Crippen LogP contribution in [-0.4, -0.2) is 22.7 Å². The number of hydrogen-bond donors (Lipinski definition) is 1. The van der Waals surface area contributed by atoms with Crippen molar-refractivity contribution in [2.75, 3.05) is 0 Å². The smallest absolute Gasteiger partial charge is 0.253 e. The molecule has 0 bridgehead atoms. The fourth-order valence-corrected chi connectivity index (χ4v) is 1.83. The van der Waals surface area contributed by atoms with Crippen molar-refractivity contribution in [2.45, 2.75) is 20.4 Å². The molecular weight excluding hydrogens is 254 g/mol. The molecule has 1 N–H and O–H groups in total. The van der Waals surface area contributed by atoms with E-state index in [9.17, 15) is 9.59 Å². The lowest BCUT2D eigenvalue weighted by Gasteiger charge is -2.12. The number of carbonyl (C=O) groups is 2. The average Bonchev–Trinajstić information content (AvgIpc) is 2.68. The summed E-state index contributed by atoms with van der Waals surface area (Å²) in [6.45, 7) is 7.30. The van der Waals surface area contributed by atoms with E-state index >= 15 is 0 Å². The second-order valence-electron chi connectivity index (χ2n) is 4.82. The fraction of sp³-hybridized carbons (Fsp3) is 0.267. The van der Waals surface area contributed by atoms with E-state index in [2.05, 4.69) is 17.0 Å². The molecule has 0 aromatic heterocycles. The maximum absolute atomic E-state index is 12.1. The lowest BCUT2D eigenvalue weighted by Crippen LogP contribution is -2.35. The van der Waals surface area contributed by atoms with Crippen LogP contribution in [0.3, 0.4) is 0 Å². The van der Waals surface area contributed by atoms with Crippen LogP contribution in [-0.2, 0) is 16.1 Å². The van der Waals surface area contributed by atoms with Gasteiger partial charge in [0.05, 0.1) is 12.5 Å². The van der Waals surface area contributed by atoms with Crippen molar-refractivity contribution in [1.82, 2.24) is 10.3 Å². The van der Waals surface area contributed by atoms with Crippen LogP contribution in [0.15, 0.2) is 47.6 Å². The largest absolute Gasteiger partial charge is 0.308 e. The predicted molar refractivity (Wildman–Crippen MR) is 76.5 cm³/mol. The number of hydrogen-bond acceptors (Lipinski definition) is 3. The zero-order chi connectivity index (χ0) is 14.7. The highest BCUT2D eigenvalue weighted by atomic mass is 16.2. The molecule has 1 atom stereocenters. The van der Waals surface area contributed by atoms with E-state index < -0.39 is 5.92 Å². The maximum Gasteiger partial charge on any atom is 0.253 e. The fourth-order valence-electron chi connectivity index (χ4n) is 1.83. The normalized spacial score (nSPS) is 17.9. The Morgan fingerprint density at radius 2 is 2.05 bits per heavy atom. The molecule has 20 heavy (non-hydrogen) atoms. The van der Waals surface area contributed by atoms with Gasteiger partial charge in [0.15, 0.2) is 0 Å². The first-order valence-electron chi connectivity index (χ1n) is 6.39. The molecule has 1 unspecified atom stereocenters. The molecule has 2 amide bonds. The van der Waals surface area contributed by atoms with Crippen molar-refractivity contribution in [3.63, 3.8) is 0 Å².